The summed E-state index contributed by atoms with van der Waals surface area (Å²) in [5, 5.41) is 8.13. The van der Waals surface area contributed by atoms with Crippen molar-refractivity contribution in [3.8, 4) is 0 Å². The van der Waals surface area contributed by atoms with Gasteiger partial charge in [0.05, 0.1) is 0 Å². The third-order valence-corrected chi connectivity index (χ3v) is 3.79. The summed E-state index contributed by atoms with van der Waals surface area (Å²) in [4.78, 5) is 4.00. The Morgan fingerprint density at radius 2 is 1.89 bits per heavy atom. The summed E-state index contributed by atoms with van der Waals surface area (Å²) in [6, 6.07) is 8.70. The molecule has 0 radical (unpaired) electrons. The van der Waals surface area contributed by atoms with Crippen molar-refractivity contribution in [1.82, 2.24) is 4.98 Å². The summed E-state index contributed by atoms with van der Waals surface area (Å²) in [5.41, 5.74) is 3.04. The maximum atomic E-state index is 11.5. The van der Waals surface area contributed by atoms with Crippen LogP contribution in [-0.4, -0.2) is 13.4 Å². The van der Waals surface area contributed by atoms with Gasteiger partial charge in [-0.3, -0.25) is 0 Å². The average molecular weight is 277 g/mol. The predicted octanol–water partition coefficient (Wildman–Crippen LogP) is 2.09. The van der Waals surface area contributed by atoms with Crippen LogP contribution in [0.5, 0.6) is 0 Å². The molecule has 0 amide bonds. The fourth-order valence-electron chi connectivity index (χ4n) is 1.67. The molecule has 0 saturated carbocycles. The molecule has 19 heavy (non-hydrogen) atoms. The van der Waals surface area contributed by atoms with Gasteiger partial charge in [0.25, 0.3) is 0 Å². The quantitative estimate of drug-likeness (QED) is 0.899. The highest BCUT2D eigenvalue weighted by atomic mass is 32.2. The van der Waals surface area contributed by atoms with E-state index in [1.165, 1.54) is 23.9 Å². The Morgan fingerprint density at radius 3 is 2.53 bits per heavy atom. The molecule has 0 aliphatic heterocycles. The van der Waals surface area contributed by atoms with Crippen LogP contribution >= 0.6 is 0 Å². The highest BCUT2D eigenvalue weighted by Gasteiger charge is 2.14. The van der Waals surface area contributed by atoms with Crippen molar-refractivity contribution in [2.75, 3.05) is 5.32 Å². The number of aryl methyl sites for hydroxylation is 2. The predicted molar refractivity (Wildman–Crippen MR) is 74.8 cm³/mol. The average Bonchev–Trinajstić information content (AvgIpc) is 2.33. The molecule has 2 aromatic rings. The first-order valence-corrected chi connectivity index (χ1v) is 7.24. The third-order valence-electron chi connectivity index (χ3n) is 2.85. The second kappa shape index (κ2) is 4.99. The van der Waals surface area contributed by atoms with E-state index in [9.17, 15) is 8.42 Å². The number of nitrogens with one attached hydrogen (secondary N) is 1. The highest BCUT2D eigenvalue weighted by Crippen LogP contribution is 2.22. The minimum atomic E-state index is -3.80. The molecular formula is C13H15N3O2S. The van der Waals surface area contributed by atoms with Crippen LogP contribution in [0.4, 0.5) is 11.5 Å². The van der Waals surface area contributed by atoms with E-state index in [1.54, 1.807) is 0 Å². The molecular weight excluding hydrogens is 262 g/mol. The van der Waals surface area contributed by atoms with Gasteiger partial charge in [0.2, 0.25) is 10.0 Å². The smallest absolute Gasteiger partial charge is 0.241 e. The number of aromatic nitrogens is 1. The third kappa shape index (κ3) is 3.10. The molecule has 0 aliphatic carbocycles. The topological polar surface area (TPSA) is 85.1 Å². The lowest BCUT2D eigenvalue weighted by Crippen LogP contribution is -2.14. The molecule has 0 fully saturated rings. The van der Waals surface area contributed by atoms with Gasteiger partial charge in [-0.25, -0.2) is 18.5 Å². The monoisotopic (exact) mass is 277 g/mol. The van der Waals surface area contributed by atoms with Crippen molar-refractivity contribution in [2.24, 2.45) is 5.14 Å². The van der Waals surface area contributed by atoms with Crippen LogP contribution in [0, 0.1) is 13.8 Å². The Morgan fingerprint density at radius 1 is 1.16 bits per heavy atom. The van der Waals surface area contributed by atoms with E-state index in [-0.39, 0.29) is 10.7 Å². The van der Waals surface area contributed by atoms with Crippen LogP contribution in [0.3, 0.4) is 0 Å². The summed E-state index contributed by atoms with van der Waals surface area (Å²) < 4.78 is 22.9. The standard InChI is InChI=1S/C13H15N3O2S/c1-9-5-6-11(8-10(9)2)16-13-12(19(14,17)18)4-3-7-15-13/h3-8H,1-2H3,(H,15,16)(H2,14,17,18). The molecule has 0 atom stereocenters. The van der Waals surface area contributed by atoms with Crippen molar-refractivity contribution in [3.63, 3.8) is 0 Å². The number of nitrogens with zero attached hydrogens (tertiary/aromatic N) is 1. The highest BCUT2D eigenvalue weighted by molar-refractivity contribution is 7.89. The lowest BCUT2D eigenvalue weighted by Gasteiger charge is -2.10. The number of hydrogen-bond acceptors (Lipinski definition) is 4. The number of nitrogens with two attached hydrogens (primary N) is 1. The second-order valence-electron chi connectivity index (χ2n) is 4.32. The van der Waals surface area contributed by atoms with E-state index < -0.39 is 10.0 Å². The number of rotatable bonds is 3. The Labute approximate surface area is 112 Å². The van der Waals surface area contributed by atoms with Gasteiger partial charge in [-0.15, -0.1) is 0 Å². The molecule has 1 heterocycles. The van der Waals surface area contributed by atoms with Crippen LogP contribution in [0.15, 0.2) is 41.4 Å². The summed E-state index contributed by atoms with van der Waals surface area (Å²) in [6.07, 6.45) is 1.51. The van der Waals surface area contributed by atoms with Crippen LogP contribution in [0.1, 0.15) is 11.1 Å². The maximum absolute atomic E-state index is 11.5. The molecule has 0 bridgehead atoms. The van der Waals surface area contributed by atoms with E-state index in [1.807, 2.05) is 32.0 Å². The van der Waals surface area contributed by atoms with Gasteiger partial charge in [0.1, 0.15) is 4.90 Å². The second-order valence-corrected chi connectivity index (χ2v) is 5.85. The maximum Gasteiger partial charge on any atom is 0.241 e. The molecule has 1 aromatic carbocycles. The van der Waals surface area contributed by atoms with E-state index in [0.717, 1.165) is 11.3 Å². The fourth-order valence-corrected chi connectivity index (χ4v) is 2.31. The van der Waals surface area contributed by atoms with Crippen LogP contribution < -0.4 is 10.5 Å². The molecule has 5 nitrogen and oxygen atoms in total. The number of benzene rings is 1. The van der Waals surface area contributed by atoms with E-state index in [4.69, 9.17) is 5.14 Å². The van der Waals surface area contributed by atoms with Gasteiger partial charge in [-0.05, 0) is 49.2 Å². The first-order valence-electron chi connectivity index (χ1n) is 5.70. The molecule has 0 unspecified atom stereocenters. The molecule has 6 heteroatoms. The first kappa shape index (κ1) is 13.5. The van der Waals surface area contributed by atoms with E-state index >= 15 is 0 Å². The molecule has 0 saturated heterocycles. The van der Waals surface area contributed by atoms with Gasteiger partial charge in [-0.2, -0.15) is 0 Å². The minimum Gasteiger partial charge on any atom is -0.339 e. The Balaban J connectivity index is 2.41. The molecule has 0 aliphatic rings. The van der Waals surface area contributed by atoms with E-state index in [0.29, 0.717) is 0 Å². The van der Waals surface area contributed by atoms with Crippen molar-refractivity contribution in [1.29, 1.82) is 0 Å². The van der Waals surface area contributed by atoms with Gasteiger partial charge in [-0.1, -0.05) is 6.07 Å². The Bertz CT molecular complexity index is 712. The largest absolute Gasteiger partial charge is 0.339 e. The molecule has 1 aromatic heterocycles. The summed E-state index contributed by atoms with van der Waals surface area (Å²) in [7, 11) is -3.80. The van der Waals surface area contributed by atoms with Gasteiger partial charge >= 0.3 is 0 Å². The molecule has 3 N–H and O–H groups in total. The normalized spacial score (nSPS) is 11.3. The molecule has 2 rings (SSSR count). The summed E-state index contributed by atoms with van der Waals surface area (Å²) in [5.74, 6) is 0.230. The van der Waals surface area contributed by atoms with Crippen LogP contribution in [-0.2, 0) is 10.0 Å². The first-order chi connectivity index (χ1) is 8.88. The van der Waals surface area contributed by atoms with E-state index in [2.05, 4.69) is 10.3 Å². The summed E-state index contributed by atoms with van der Waals surface area (Å²) in [6.45, 7) is 4.00. The zero-order chi connectivity index (χ0) is 14.0. The summed E-state index contributed by atoms with van der Waals surface area (Å²) >= 11 is 0. The Hall–Kier alpha value is -1.92. The van der Waals surface area contributed by atoms with Gasteiger partial charge in [0, 0.05) is 11.9 Å². The van der Waals surface area contributed by atoms with Gasteiger partial charge in [0.15, 0.2) is 5.82 Å². The van der Waals surface area contributed by atoms with Crippen LogP contribution in [0.2, 0.25) is 0 Å². The van der Waals surface area contributed by atoms with Crippen molar-refractivity contribution < 1.29 is 8.42 Å². The molecule has 100 valence electrons. The van der Waals surface area contributed by atoms with Gasteiger partial charge < -0.3 is 5.32 Å². The SMILES string of the molecule is Cc1ccc(Nc2ncccc2S(N)(=O)=O)cc1C. The minimum absolute atomic E-state index is 0.0202. The van der Waals surface area contributed by atoms with Crippen molar-refractivity contribution in [2.45, 2.75) is 18.7 Å². The molecule has 0 spiro atoms. The fraction of sp³-hybridized carbons (Fsp3) is 0.154. The van der Waals surface area contributed by atoms with Crippen molar-refractivity contribution in [3.05, 3.63) is 47.7 Å². The van der Waals surface area contributed by atoms with Crippen LogP contribution in [0.25, 0.3) is 0 Å². The van der Waals surface area contributed by atoms with Crippen molar-refractivity contribution >= 4 is 21.5 Å². The zero-order valence-electron chi connectivity index (χ0n) is 10.7. The number of sulfonamides is 1. The number of pyridine rings is 1. The lowest BCUT2D eigenvalue weighted by molar-refractivity contribution is 0.598. The zero-order valence-corrected chi connectivity index (χ0v) is 11.5. The Kier molecular flexibility index (Phi) is 3.55. The number of primary sulfonamides is 1. The number of anilines is 2. The number of hydrogen-bond donors (Lipinski definition) is 2. The lowest BCUT2D eigenvalue weighted by atomic mass is 10.1.